The fourth-order valence-corrected chi connectivity index (χ4v) is 1.65. The Morgan fingerprint density at radius 3 is 2.68 bits per heavy atom. The van der Waals surface area contributed by atoms with Gasteiger partial charge in [0.15, 0.2) is 0 Å². The van der Waals surface area contributed by atoms with Gasteiger partial charge in [0.05, 0.1) is 11.3 Å². The molecule has 0 heterocycles. The number of hydrogen-bond acceptors (Lipinski definition) is 2. The summed E-state index contributed by atoms with van der Waals surface area (Å²) in [7, 11) is 0. The smallest absolute Gasteiger partial charge is 0.258 e. The van der Waals surface area contributed by atoms with E-state index < -0.39 is 17.5 Å². The number of nitrogens with one attached hydrogen (secondary N) is 1. The van der Waals surface area contributed by atoms with Crippen LogP contribution in [0.1, 0.15) is 15.9 Å². The molecule has 0 saturated carbocycles. The number of carbonyl (C=O) groups excluding carboxylic acids is 1. The summed E-state index contributed by atoms with van der Waals surface area (Å²) in [5.41, 5.74) is 5.94. The SMILES string of the molecule is Cc1cccc(C(=O)Nc2cc(N)ccc2F)c1F. The van der Waals surface area contributed by atoms with Crippen molar-refractivity contribution in [3.8, 4) is 0 Å². The topological polar surface area (TPSA) is 55.1 Å². The molecule has 0 bridgehead atoms. The molecule has 2 rings (SSSR count). The van der Waals surface area contributed by atoms with E-state index in [9.17, 15) is 13.6 Å². The zero-order chi connectivity index (χ0) is 14.0. The van der Waals surface area contributed by atoms with Crippen LogP contribution in [0.25, 0.3) is 0 Å². The molecule has 3 nitrogen and oxygen atoms in total. The van der Waals surface area contributed by atoms with Crippen molar-refractivity contribution in [1.29, 1.82) is 0 Å². The van der Waals surface area contributed by atoms with Gasteiger partial charge in [0, 0.05) is 5.69 Å². The quantitative estimate of drug-likeness (QED) is 0.817. The second kappa shape index (κ2) is 5.06. The van der Waals surface area contributed by atoms with Crippen LogP contribution in [0.15, 0.2) is 36.4 Å². The highest BCUT2D eigenvalue weighted by Crippen LogP contribution is 2.19. The van der Waals surface area contributed by atoms with Gasteiger partial charge in [-0.05, 0) is 36.8 Å². The monoisotopic (exact) mass is 262 g/mol. The van der Waals surface area contributed by atoms with Crippen LogP contribution in [-0.2, 0) is 0 Å². The lowest BCUT2D eigenvalue weighted by Crippen LogP contribution is -2.15. The summed E-state index contributed by atoms with van der Waals surface area (Å²) in [4.78, 5) is 11.9. The first-order valence-electron chi connectivity index (χ1n) is 5.60. The van der Waals surface area contributed by atoms with Crippen molar-refractivity contribution in [3.05, 3.63) is 59.2 Å². The highest BCUT2D eigenvalue weighted by atomic mass is 19.1. The lowest BCUT2D eigenvalue weighted by molar-refractivity contribution is 0.102. The largest absolute Gasteiger partial charge is 0.399 e. The molecule has 19 heavy (non-hydrogen) atoms. The third-order valence-corrected chi connectivity index (χ3v) is 2.68. The molecule has 0 aliphatic rings. The number of hydrogen-bond donors (Lipinski definition) is 2. The van der Waals surface area contributed by atoms with Gasteiger partial charge < -0.3 is 11.1 Å². The minimum absolute atomic E-state index is 0.0779. The average molecular weight is 262 g/mol. The van der Waals surface area contributed by atoms with Crippen molar-refractivity contribution in [2.45, 2.75) is 6.92 Å². The highest BCUT2D eigenvalue weighted by molar-refractivity contribution is 6.04. The average Bonchev–Trinajstić information content (AvgIpc) is 2.37. The van der Waals surface area contributed by atoms with Crippen molar-refractivity contribution < 1.29 is 13.6 Å². The third kappa shape index (κ3) is 2.70. The van der Waals surface area contributed by atoms with Crippen LogP contribution in [0.2, 0.25) is 0 Å². The standard InChI is InChI=1S/C14H12F2N2O/c1-8-3-2-4-10(13(8)16)14(19)18-12-7-9(17)5-6-11(12)15/h2-7H,17H2,1H3,(H,18,19). The minimum Gasteiger partial charge on any atom is -0.399 e. The van der Waals surface area contributed by atoms with E-state index in [2.05, 4.69) is 5.32 Å². The van der Waals surface area contributed by atoms with Gasteiger partial charge in [-0.1, -0.05) is 12.1 Å². The van der Waals surface area contributed by atoms with Crippen LogP contribution < -0.4 is 11.1 Å². The van der Waals surface area contributed by atoms with Gasteiger partial charge in [0.25, 0.3) is 5.91 Å². The number of rotatable bonds is 2. The van der Waals surface area contributed by atoms with Crippen molar-refractivity contribution in [2.24, 2.45) is 0 Å². The second-order valence-corrected chi connectivity index (χ2v) is 4.13. The van der Waals surface area contributed by atoms with E-state index in [1.165, 1.54) is 18.2 Å². The Kier molecular flexibility index (Phi) is 3.46. The number of aryl methyl sites for hydroxylation is 1. The first-order chi connectivity index (χ1) is 8.99. The molecule has 0 saturated heterocycles. The number of amides is 1. The molecule has 0 aromatic heterocycles. The van der Waals surface area contributed by atoms with E-state index in [0.717, 1.165) is 6.07 Å². The molecule has 0 aliphatic heterocycles. The molecule has 2 aromatic rings. The number of carbonyl (C=O) groups is 1. The van der Waals surface area contributed by atoms with Crippen LogP contribution >= 0.6 is 0 Å². The predicted molar refractivity (Wildman–Crippen MR) is 69.9 cm³/mol. The molecule has 5 heteroatoms. The first-order valence-corrected chi connectivity index (χ1v) is 5.60. The van der Waals surface area contributed by atoms with E-state index in [-0.39, 0.29) is 11.3 Å². The fourth-order valence-electron chi connectivity index (χ4n) is 1.65. The molecule has 0 atom stereocenters. The van der Waals surface area contributed by atoms with Gasteiger partial charge >= 0.3 is 0 Å². The van der Waals surface area contributed by atoms with Crippen LogP contribution in [-0.4, -0.2) is 5.91 Å². The van der Waals surface area contributed by atoms with E-state index >= 15 is 0 Å². The van der Waals surface area contributed by atoms with Gasteiger partial charge in [-0.15, -0.1) is 0 Å². The van der Waals surface area contributed by atoms with Gasteiger partial charge in [-0.3, -0.25) is 4.79 Å². The molecule has 0 spiro atoms. The Morgan fingerprint density at radius 2 is 1.95 bits per heavy atom. The molecule has 0 unspecified atom stereocenters. The Labute approximate surface area is 109 Å². The number of nitrogen functional groups attached to an aromatic ring is 1. The normalized spacial score (nSPS) is 10.3. The van der Waals surface area contributed by atoms with E-state index in [0.29, 0.717) is 11.3 Å². The molecule has 2 aromatic carbocycles. The van der Waals surface area contributed by atoms with E-state index in [1.807, 2.05) is 0 Å². The van der Waals surface area contributed by atoms with Gasteiger partial charge in [-0.25, -0.2) is 8.78 Å². The van der Waals surface area contributed by atoms with Crippen molar-refractivity contribution in [1.82, 2.24) is 0 Å². The maximum absolute atomic E-state index is 13.8. The van der Waals surface area contributed by atoms with Crippen LogP contribution in [0.5, 0.6) is 0 Å². The Hall–Kier alpha value is -2.43. The zero-order valence-electron chi connectivity index (χ0n) is 10.2. The van der Waals surface area contributed by atoms with Crippen molar-refractivity contribution in [3.63, 3.8) is 0 Å². The summed E-state index contributed by atoms with van der Waals surface area (Å²) in [6.07, 6.45) is 0. The number of halogens is 2. The fraction of sp³-hybridized carbons (Fsp3) is 0.0714. The van der Waals surface area contributed by atoms with Gasteiger partial charge in [0.2, 0.25) is 0 Å². The summed E-state index contributed by atoms with van der Waals surface area (Å²) >= 11 is 0. The number of nitrogens with two attached hydrogens (primary N) is 1. The van der Waals surface area contributed by atoms with Crippen molar-refractivity contribution in [2.75, 3.05) is 11.1 Å². The first kappa shape index (κ1) is 13.0. The number of anilines is 2. The molecule has 0 aliphatic carbocycles. The lowest BCUT2D eigenvalue weighted by atomic mass is 10.1. The Morgan fingerprint density at radius 1 is 1.21 bits per heavy atom. The Balaban J connectivity index is 2.31. The molecule has 98 valence electrons. The molecule has 3 N–H and O–H groups in total. The third-order valence-electron chi connectivity index (χ3n) is 2.68. The maximum atomic E-state index is 13.8. The molecular formula is C14H12F2N2O. The van der Waals surface area contributed by atoms with Crippen LogP contribution in [0.3, 0.4) is 0 Å². The molecule has 1 amide bonds. The highest BCUT2D eigenvalue weighted by Gasteiger charge is 2.14. The lowest BCUT2D eigenvalue weighted by Gasteiger charge is -2.08. The maximum Gasteiger partial charge on any atom is 0.258 e. The number of benzene rings is 2. The van der Waals surface area contributed by atoms with Gasteiger partial charge in [-0.2, -0.15) is 0 Å². The van der Waals surface area contributed by atoms with E-state index in [4.69, 9.17) is 5.73 Å². The Bertz CT molecular complexity index is 641. The van der Waals surface area contributed by atoms with Crippen molar-refractivity contribution >= 4 is 17.3 Å². The zero-order valence-corrected chi connectivity index (χ0v) is 10.2. The van der Waals surface area contributed by atoms with Gasteiger partial charge in [0.1, 0.15) is 11.6 Å². The van der Waals surface area contributed by atoms with Crippen LogP contribution in [0.4, 0.5) is 20.2 Å². The molecule has 0 radical (unpaired) electrons. The van der Waals surface area contributed by atoms with Crippen LogP contribution in [0, 0.1) is 18.6 Å². The molecular weight excluding hydrogens is 250 g/mol. The summed E-state index contributed by atoms with van der Waals surface area (Å²) in [6, 6.07) is 8.23. The summed E-state index contributed by atoms with van der Waals surface area (Å²) in [5.74, 6) is -1.97. The summed E-state index contributed by atoms with van der Waals surface area (Å²) in [5, 5.41) is 2.30. The summed E-state index contributed by atoms with van der Waals surface area (Å²) in [6.45, 7) is 1.55. The minimum atomic E-state index is -0.717. The summed E-state index contributed by atoms with van der Waals surface area (Å²) < 4.78 is 27.2. The van der Waals surface area contributed by atoms with E-state index in [1.54, 1.807) is 19.1 Å². The second-order valence-electron chi connectivity index (χ2n) is 4.13. The predicted octanol–water partition coefficient (Wildman–Crippen LogP) is 3.11. The molecule has 0 fully saturated rings.